The van der Waals surface area contributed by atoms with Gasteiger partial charge in [-0.1, -0.05) is 6.92 Å². The van der Waals surface area contributed by atoms with E-state index in [1.807, 2.05) is 0 Å². The highest BCUT2D eigenvalue weighted by molar-refractivity contribution is 7.87. The fraction of sp³-hybridized carbons (Fsp3) is 1.00. The summed E-state index contributed by atoms with van der Waals surface area (Å²) in [5, 5.41) is -0.749. The largest absolute Gasteiger partial charge is 0.305 e. The second-order valence-corrected chi connectivity index (χ2v) is 5.13. The molecule has 1 aliphatic heterocycles. The van der Waals surface area contributed by atoms with Crippen molar-refractivity contribution in [2.45, 2.75) is 31.4 Å². The molecule has 1 rings (SSSR count). The van der Waals surface area contributed by atoms with E-state index in [-0.39, 0.29) is 0 Å². The summed E-state index contributed by atoms with van der Waals surface area (Å²) < 4.78 is 33.7. The maximum Gasteiger partial charge on any atom is 0.305 e. The molecule has 1 fully saturated rings. The van der Waals surface area contributed by atoms with Crippen LogP contribution in [0, 0.1) is 0 Å². The van der Waals surface area contributed by atoms with E-state index in [0.717, 1.165) is 13.0 Å². The van der Waals surface area contributed by atoms with Gasteiger partial charge < -0.3 is 4.90 Å². The van der Waals surface area contributed by atoms with Crippen molar-refractivity contribution in [3.63, 3.8) is 0 Å². The van der Waals surface area contributed by atoms with Crippen molar-refractivity contribution in [3.8, 4) is 0 Å². The Morgan fingerprint density at radius 1 is 1.38 bits per heavy atom. The Balaban J connectivity index is 2.39. The normalized spacial score (nSPS) is 22.0. The molecule has 0 aromatic heterocycles. The smallest absolute Gasteiger partial charge is 0.303 e. The van der Waals surface area contributed by atoms with Crippen LogP contribution in [0.1, 0.15) is 26.2 Å². The number of nitrogens with zero attached hydrogens (tertiary/aromatic N) is 1. The monoisotopic (exact) mass is 209 g/mol. The molecule has 0 unspecified atom stereocenters. The summed E-state index contributed by atoms with van der Waals surface area (Å²) in [6.45, 7) is 4.49. The molecule has 1 heterocycles. The quantitative estimate of drug-likeness (QED) is 0.655. The highest BCUT2D eigenvalue weighted by Crippen LogP contribution is 2.18. The summed E-state index contributed by atoms with van der Waals surface area (Å²) in [7, 11) is -4.29. The average molecular weight is 209 g/mol. The van der Waals surface area contributed by atoms with Crippen LogP contribution in [0.3, 0.4) is 0 Å². The lowest BCUT2D eigenvalue weighted by molar-refractivity contribution is 0.229. The van der Waals surface area contributed by atoms with Crippen LogP contribution >= 0.6 is 0 Å². The molecule has 13 heavy (non-hydrogen) atoms. The number of halogens is 1. The minimum absolute atomic E-state index is 0.443. The second kappa shape index (κ2) is 4.37. The Hall–Kier alpha value is -0.160. The van der Waals surface area contributed by atoms with Crippen LogP contribution in [0.2, 0.25) is 0 Å². The van der Waals surface area contributed by atoms with Gasteiger partial charge in [0.2, 0.25) is 0 Å². The first-order chi connectivity index (χ1) is 6.04. The van der Waals surface area contributed by atoms with Crippen LogP contribution in [-0.2, 0) is 10.2 Å². The van der Waals surface area contributed by atoms with Gasteiger partial charge in [0.15, 0.2) is 0 Å². The zero-order chi connectivity index (χ0) is 9.90. The van der Waals surface area contributed by atoms with E-state index in [2.05, 4.69) is 11.8 Å². The van der Waals surface area contributed by atoms with Crippen LogP contribution in [0.15, 0.2) is 0 Å². The Kier molecular flexibility index (Phi) is 3.67. The zero-order valence-corrected chi connectivity index (χ0v) is 8.69. The molecule has 0 spiro atoms. The number of piperidine rings is 1. The lowest BCUT2D eigenvalue weighted by atomic mass is 10.1. The number of rotatable bonds is 3. The minimum Gasteiger partial charge on any atom is -0.303 e. The van der Waals surface area contributed by atoms with Crippen LogP contribution < -0.4 is 0 Å². The van der Waals surface area contributed by atoms with Crippen molar-refractivity contribution < 1.29 is 12.3 Å². The van der Waals surface area contributed by atoms with Gasteiger partial charge in [-0.3, -0.25) is 0 Å². The number of hydrogen-bond acceptors (Lipinski definition) is 3. The second-order valence-electron chi connectivity index (χ2n) is 3.52. The van der Waals surface area contributed by atoms with Gasteiger partial charge in [-0.25, -0.2) is 0 Å². The summed E-state index contributed by atoms with van der Waals surface area (Å²) in [4.78, 5) is 2.18. The number of hydrogen-bond donors (Lipinski definition) is 0. The summed E-state index contributed by atoms with van der Waals surface area (Å²) in [5.74, 6) is 0. The Morgan fingerprint density at radius 3 is 2.31 bits per heavy atom. The van der Waals surface area contributed by atoms with Crippen LogP contribution in [-0.4, -0.2) is 38.2 Å². The van der Waals surface area contributed by atoms with Crippen molar-refractivity contribution in [1.29, 1.82) is 0 Å². The van der Waals surface area contributed by atoms with Gasteiger partial charge in [-0.2, -0.15) is 8.42 Å². The van der Waals surface area contributed by atoms with Crippen molar-refractivity contribution in [2.24, 2.45) is 0 Å². The lowest BCUT2D eigenvalue weighted by Crippen LogP contribution is -2.38. The average Bonchev–Trinajstić information content (AvgIpc) is 2.04. The van der Waals surface area contributed by atoms with Gasteiger partial charge in [0.1, 0.15) is 0 Å². The van der Waals surface area contributed by atoms with Gasteiger partial charge in [-0.05, 0) is 38.9 Å². The molecule has 5 heteroatoms. The molecule has 1 aliphatic rings. The summed E-state index contributed by atoms with van der Waals surface area (Å²) in [5.41, 5.74) is 0. The van der Waals surface area contributed by atoms with Crippen LogP contribution in [0.5, 0.6) is 0 Å². The lowest BCUT2D eigenvalue weighted by Gasteiger charge is -2.29. The summed E-state index contributed by atoms with van der Waals surface area (Å²) in [6.07, 6.45) is 1.95. The molecular formula is C8H16FNO2S. The first-order valence-corrected chi connectivity index (χ1v) is 6.14. The molecule has 0 N–H and O–H groups in total. The molecule has 0 atom stereocenters. The number of likely N-dealkylation sites (tertiary alicyclic amines) is 1. The molecule has 0 amide bonds. The van der Waals surface area contributed by atoms with Crippen LogP contribution in [0.4, 0.5) is 3.89 Å². The first kappa shape index (κ1) is 10.9. The molecule has 1 saturated heterocycles. The van der Waals surface area contributed by atoms with E-state index >= 15 is 0 Å². The molecule has 0 radical (unpaired) electrons. The van der Waals surface area contributed by atoms with E-state index in [4.69, 9.17) is 0 Å². The fourth-order valence-corrected chi connectivity index (χ4v) is 2.50. The third-order valence-corrected chi connectivity index (χ3v) is 3.74. The van der Waals surface area contributed by atoms with Gasteiger partial charge in [0.25, 0.3) is 0 Å². The molecule has 0 saturated carbocycles. The van der Waals surface area contributed by atoms with E-state index in [1.165, 1.54) is 0 Å². The summed E-state index contributed by atoms with van der Waals surface area (Å²) >= 11 is 0. The highest BCUT2D eigenvalue weighted by atomic mass is 32.3. The van der Waals surface area contributed by atoms with Gasteiger partial charge in [-0.15, -0.1) is 3.89 Å². The van der Waals surface area contributed by atoms with Gasteiger partial charge in [0, 0.05) is 0 Å². The fourth-order valence-electron chi connectivity index (χ4n) is 1.73. The maximum absolute atomic E-state index is 12.5. The molecule has 78 valence electrons. The van der Waals surface area contributed by atoms with Crippen molar-refractivity contribution >= 4 is 10.2 Å². The van der Waals surface area contributed by atoms with E-state index in [9.17, 15) is 12.3 Å². The van der Waals surface area contributed by atoms with E-state index in [1.54, 1.807) is 0 Å². The maximum atomic E-state index is 12.5. The highest BCUT2D eigenvalue weighted by Gasteiger charge is 2.28. The van der Waals surface area contributed by atoms with E-state index in [0.29, 0.717) is 25.9 Å². The summed E-state index contributed by atoms with van der Waals surface area (Å²) in [6, 6.07) is 0. The molecule has 0 bridgehead atoms. The first-order valence-electron chi connectivity index (χ1n) is 4.70. The SMILES string of the molecule is CCCN1CCC(S(=O)(=O)F)CC1. The standard InChI is InChI=1S/C8H16FNO2S/c1-2-5-10-6-3-8(4-7-10)13(9,11)12/h8H,2-7H2,1H3. The van der Waals surface area contributed by atoms with E-state index < -0.39 is 15.5 Å². The third-order valence-electron chi connectivity index (χ3n) is 2.47. The minimum atomic E-state index is -4.29. The molecule has 3 nitrogen and oxygen atoms in total. The predicted octanol–water partition coefficient (Wildman–Crippen LogP) is 1.16. The topological polar surface area (TPSA) is 37.4 Å². The van der Waals surface area contributed by atoms with Gasteiger partial charge >= 0.3 is 10.2 Å². The molecular weight excluding hydrogens is 193 g/mol. The Bertz CT molecular complexity index is 245. The molecule has 0 aromatic rings. The van der Waals surface area contributed by atoms with Gasteiger partial charge in [0.05, 0.1) is 5.25 Å². The zero-order valence-electron chi connectivity index (χ0n) is 7.87. The van der Waals surface area contributed by atoms with Crippen molar-refractivity contribution in [2.75, 3.05) is 19.6 Å². The molecule has 0 aromatic carbocycles. The van der Waals surface area contributed by atoms with Crippen LogP contribution in [0.25, 0.3) is 0 Å². The third kappa shape index (κ3) is 3.23. The predicted molar refractivity (Wildman–Crippen MR) is 49.8 cm³/mol. The Labute approximate surface area is 79.1 Å². The Morgan fingerprint density at radius 2 is 1.92 bits per heavy atom. The molecule has 0 aliphatic carbocycles. The van der Waals surface area contributed by atoms with Crippen molar-refractivity contribution in [3.05, 3.63) is 0 Å². The van der Waals surface area contributed by atoms with Crippen molar-refractivity contribution in [1.82, 2.24) is 4.90 Å².